The Bertz CT molecular complexity index is 171. The van der Waals surface area contributed by atoms with Crippen LogP contribution in [0.1, 0.15) is 6.92 Å². The van der Waals surface area contributed by atoms with Crippen LogP contribution >= 0.6 is 10.8 Å². The second-order valence-corrected chi connectivity index (χ2v) is 4.06. The van der Waals surface area contributed by atoms with Crippen LogP contribution < -0.4 is 29.6 Å². The molecule has 0 aliphatic heterocycles. The molecule has 0 bridgehead atoms. The molecule has 0 rings (SSSR count). The summed E-state index contributed by atoms with van der Waals surface area (Å²) in [6, 6.07) is 0. The van der Waals surface area contributed by atoms with Gasteiger partial charge in [-0.05, 0) is 23.1 Å². The van der Waals surface area contributed by atoms with Crippen molar-refractivity contribution in [3.8, 4) is 0 Å². The zero-order valence-electron chi connectivity index (χ0n) is 5.20. The minimum atomic E-state index is -4.11. The van der Waals surface area contributed by atoms with Crippen molar-refractivity contribution in [2.45, 2.75) is 6.92 Å². The molecule has 0 heterocycles. The standard InChI is InChI=1S/C3H6O3S2.Na/c1-2-3-7-8(4,5)6;/h2-3H,1H3,(H,4,5,6);/q;+1/p-1/b3-2-;. The first kappa shape index (κ1) is 12.7. The van der Waals surface area contributed by atoms with Crippen LogP contribution in [-0.2, 0) is 9.15 Å². The van der Waals surface area contributed by atoms with Crippen molar-refractivity contribution in [3.05, 3.63) is 11.5 Å². The van der Waals surface area contributed by atoms with Crippen molar-refractivity contribution in [3.63, 3.8) is 0 Å². The van der Waals surface area contributed by atoms with E-state index in [9.17, 15) is 13.0 Å². The van der Waals surface area contributed by atoms with Crippen molar-refractivity contribution in [1.29, 1.82) is 0 Å². The minimum Gasteiger partial charge on any atom is -0.739 e. The maximum Gasteiger partial charge on any atom is 1.00 e. The summed E-state index contributed by atoms with van der Waals surface area (Å²) in [4.78, 5) is 0. The van der Waals surface area contributed by atoms with E-state index in [2.05, 4.69) is 0 Å². The van der Waals surface area contributed by atoms with Crippen molar-refractivity contribution in [1.82, 2.24) is 0 Å². The second-order valence-electron chi connectivity index (χ2n) is 0.974. The van der Waals surface area contributed by atoms with Gasteiger partial charge in [-0.25, -0.2) is 8.42 Å². The first-order chi connectivity index (χ1) is 3.56. The molecule has 0 aromatic heterocycles. The van der Waals surface area contributed by atoms with Crippen LogP contribution in [0.2, 0.25) is 0 Å². The molecule has 0 aliphatic rings. The molecule has 6 heteroatoms. The van der Waals surface area contributed by atoms with Gasteiger partial charge in [0, 0.05) is 0 Å². The predicted octanol–water partition coefficient (Wildman–Crippen LogP) is -2.28. The van der Waals surface area contributed by atoms with E-state index in [0.717, 1.165) is 0 Å². The molecule has 0 saturated carbocycles. The summed E-state index contributed by atoms with van der Waals surface area (Å²) in [5.41, 5.74) is 0. The number of rotatable bonds is 2. The van der Waals surface area contributed by atoms with Gasteiger partial charge in [0.2, 0.25) is 0 Å². The molecule has 9 heavy (non-hydrogen) atoms. The minimum absolute atomic E-state index is 0. The van der Waals surface area contributed by atoms with E-state index in [1.807, 2.05) is 0 Å². The van der Waals surface area contributed by atoms with Gasteiger partial charge in [0.25, 0.3) is 0 Å². The van der Waals surface area contributed by atoms with E-state index >= 15 is 0 Å². The molecule has 0 amide bonds. The molecule has 0 unspecified atom stereocenters. The molecule has 0 radical (unpaired) electrons. The van der Waals surface area contributed by atoms with Gasteiger partial charge in [0.05, 0.1) is 0 Å². The van der Waals surface area contributed by atoms with Crippen molar-refractivity contribution in [2.75, 3.05) is 0 Å². The summed E-state index contributed by atoms with van der Waals surface area (Å²) in [7, 11) is -3.84. The smallest absolute Gasteiger partial charge is 0.739 e. The topological polar surface area (TPSA) is 57.2 Å². The summed E-state index contributed by atoms with van der Waals surface area (Å²) in [5.74, 6) is 0. The zero-order chi connectivity index (χ0) is 6.62. The van der Waals surface area contributed by atoms with Gasteiger partial charge in [-0.1, -0.05) is 6.08 Å². The van der Waals surface area contributed by atoms with Crippen molar-refractivity contribution in [2.24, 2.45) is 0 Å². The summed E-state index contributed by atoms with van der Waals surface area (Å²) < 4.78 is 29.2. The van der Waals surface area contributed by atoms with Gasteiger partial charge in [0.15, 0.2) is 9.15 Å². The van der Waals surface area contributed by atoms with Gasteiger partial charge in [-0.2, -0.15) is 0 Å². The molecule has 0 aliphatic carbocycles. The molecule has 0 atom stereocenters. The first-order valence-electron chi connectivity index (χ1n) is 1.81. The van der Waals surface area contributed by atoms with Crippen LogP contribution in [-0.4, -0.2) is 13.0 Å². The van der Waals surface area contributed by atoms with E-state index in [4.69, 9.17) is 0 Å². The van der Waals surface area contributed by atoms with Gasteiger partial charge >= 0.3 is 29.6 Å². The monoisotopic (exact) mass is 176 g/mol. The van der Waals surface area contributed by atoms with E-state index < -0.39 is 9.15 Å². The quantitative estimate of drug-likeness (QED) is 0.270. The largest absolute Gasteiger partial charge is 1.00 e. The molecule has 48 valence electrons. The Morgan fingerprint density at radius 1 is 1.56 bits per heavy atom. The molecular weight excluding hydrogens is 171 g/mol. The second kappa shape index (κ2) is 5.76. The van der Waals surface area contributed by atoms with Gasteiger partial charge < -0.3 is 4.55 Å². The average Bonchev–Trinajstić information content (AvgIpc) is 1.59. The molecule has 0 fully saturated rings. The Morgan fingerprint density at radius 3 is 2.11 bits per heavy atom. The number of hydrogen-bond acceptors (Lipinski definition) is 4. The Hall–Kier alpha value is 1.000. The van der Waals surface area contributed by atoms with Gasteiger partial charge in [0.1, 0.15) is 0 Å². The Labute approximate surface area is 80.3 Å². The van der Waals surface area contributed by atoms with Gasteiger partial charge in [-0.15, -0.1) is 0 Å². The van der Waals surface area contributed by atoms with Crippen LogP contribution in [0.5, 0.6) is 0 Å². The molecule has 0 spiro atoms. The third-order valence-electron chi connectivity index (χ3n) is 0.309. The van der Waals surface area contributed by atoms with Crippen molar-refractivity contribution >= 4 is 19.9 Å². The molecular formula is C3H5NaO3S2. The SMILES string of the molecule is C/C=C\SS(=O)(=O)[O-].[Na+]. The van der Waals surface area contributed by atoms with E-state index in [1.165, 1.54) is 11.5 Å². The normalized spacial score (nSPS) is 11.3. The molecule has 3 nitrogen and oxygen atoms in total. The van der Waals surface area contributed by atoms with E-state index in [1.54, 1.807) is 6.92 Å². The third-order valence-corrected chi connectivity index (χ3v) is 1.97. The van der Waals surface area contributed by atoms with Crippen LogP contribution in [0.4, 0.5) is 0 Å². The fourth-order valence-corrected chi connectivity index (χ4v) is 1.11. The Balaban J connectivity index is 0. The average molecular weight is 176 g/mol. The molecule has 0 N–H and O–H groups in total. The number of allylic oxidation sites excluding steroid dienone is 1. The van der Waals surface area contributed by atoms with Gasteiger partial charge in [-0.3, -0.25) is 0 Å². The summed E-state index contributed by atoms with van der Waals surface area (Å²) in [5, 5.41) is 1.22. The number of hydrogen-bond donors (Lipinski definition) is 0. The maximum absolute atomic E-state index is 9.75. The van der Waals surface area contributed by atoms with E-state index in [-0.39, 0.29) is 40.4 Å². The van der Waals surface area contributed by atoms with Crippen LogP contribution in [0.25, 0.3) is 0 Å². The van der Waals surface area contributed by atoms with Crippen LogP contribution in [0, 0.1) is 0 Å². The Morgan fingerprint density at radius 2 is 2.00 bits per heavy atom. The van der Waals surface area contributed by atoms with Crippen LogP contribution in [0.15, 0.2) is 11.5 Å². The Kier molecular flexibility index (Phi) is 8.10. The molecule has 0 aromatic carbocycles. The van der Waals surface area contributed by atoms with Crippen molar-refractivity contribution < 1.29 is 42.5 Å². The fraction of sp³-hybridized carbons (Fsp3) is 0.333. The predicted molar refractivity (Wildman–Crippen MR) is 32.1 cm³/mol. The third kappa shape index (κ3) is 12.2. The molecule has 0 aromatic rings. The first-order valence-corrected chi connectivity index (χ1v) is 4.62. The van der Waals surface area contributed by atoms with Crippen LogP contribution in [0.3, 0.4) is 0 Å². The summed E-state index contributed by atoms with van der Waals surface area (Å²) in [6.45, 7) is 1.64. The summed E-state index contributed by atoms with van der Waals surface area (Å²) in [6.07, 6.45) is 1.49. The molecule has 0 saturated heterocycles. The zero-order valence-corrected chi connectivity index (χ0v) is 8.83. The van der Waals surface area contributed by atoms with E-state index in [0.29, 0.717) is 0 Å². The maximum atomic E-state index is 9.75. The fourth-order valence-electron chi connectivity index (χ4n) is 0.124. The summed E-state index contributed by atoms with van der Waals surface area (Å²) >= 11 is 0.